The second kappa shape index (κ2) is 2.29. The molecule has 1 aromatic rings. The summed E-state index contributed by atoms with van der Waals surface area (Å²) < 4.78 is 0. The predicted octanol–water partition coefficient (Wildman–Crippen LogP) is 0.518. The van der Waals surface area contributed by atoms with Crippen LogP contribution < -0.4 is 0 Å². The lowest BCUT2D eigenvalue weighted by atomic mass is 10.2. The van der Waals surface area contributed by atoms with Crippen LogP contribution in [0.3, 0.4) is 0 Å². The zero-order valence-corrected chi connectivity index (χ0v) is 6.36. The van der Waals surface area contributed by atoms with Gasteiger partial charge in [-0.1, -0.05) is 6.07 Å². The molecule has 0 aromatic carbocycles. The molecule has 1 atom stereocenters. The molecule has 0 fully saturated rings. The minimum Gasteiger partial charge on any atom is -0.374 e. The SMILES string of the molecule is CN1Cc2ncccc2C1O. The Balaban J connectivity index is 2.47. The summed E-state index contributed by atoms with van der Waals surface area (Å²) >= 11 is 0. The molecule has 2 rings (SSSR count). The van der Waals surface area contributed by atoms with E-state index in [0.29, 0.717) is 0 Å². The van der Waals surface area contributed by atoms with Gasteiger partial charge in [0, 0.05) is 18.3 Å². The van der Waals surface area contributed by atoms with Crippen LogP contribution in [0, 0.1) is 0 Å². The van der Waals surface area contributed by atoms with Gasteiger partial charge in [0.1, 0.15) is 6.23 Å². The Morgan fingerprint density at radius 3 is 3.27 bits per heavy atom. The first kappa shape index (κ1) is 6.76. The highest BCUT2D eigenvalue weighted by molar-refractivity contribution is 5.25. The highest BCUT2D eigenvalue weighted by Crippen LogP contribution is 2.27. The molecule has 1 unspecified atom stereocenters. The summed E-state index contributed by atoms with van der Waals surface area (Å²) in [6.07, 6.45) is 1.30. The van der Waals surface area contributed by atoms with E-state index in [1.165, 1.54) is 0 Å². The molecular formula is C8H10N2O. The number of rotatable bonds is 0. The Labute approximate surface area is 65.3 Å². The van der Waals surface area contributed by atoms with Crippen molar-refractivity contribution in [2.75, 3.05) is 7.05 Å². The van der Waals surface area contributed by atoms with E-state index in [2.05, 4.69) is 4.98 Å². The molecule has 1 aliphatic rings. The van der Waals surface area contributed by atoms with Crippen molar-refractivity contribution >= 4 is 0 Å². The molecular weight excluding hydrogens is 140 g/mol. The molecule has 0 saturated carbocycles. The van der Waals surface area contributed by atoms with Gasteiger partial charge in [-0.3, -0.25) is 9.88 Å². The lowest BCUT2D eigenvalue weighted by molar-refractivity contribution is 0.0336. The molecule has 0 radical (unpaired) electrons. The number of pyridine rings is 1. The van der Waals surface area contributed by atoms with Gasteiger partial charge in [-0.2, -0.15) is 0 Å². The van der Waals surface area contributed by atoms with Crippen LogP contribution in [-0.2, 0) is 6.54 Å². The molecule has 58 valence electrons. The third kappa shape index (κ3) is 0.931. The van der Waals surface area contributed by atoms with Crippen LogP contribution in [0.5, 0.6) is 0 Å². The van der Waals surface area contributed by atoms with Crippen LogP contribution in [0.15, 0.2) is 18.3 Å². The lowest BCUT2D eigenvalue weighted by Crippen LogP contribution is -2.15. The van der Waals surface area contributed by atoms with Crippen molar-refractivity contribution in [2.24, 2.45) is 0 Å². The molecule has 1 N–H and O–H groups in total. The zero-order valence-electron chi connectivity index (χ0n) is 6.36. The molecule has 2 heterocycles. The third-order valence-corrected chi connectivity index (χ3v) is 2.02. The average Bonchev–Trinajstić information content (AvgIpc) is 2.30. The van der Waals surface area contributed by atoms with Gasteiger partial charge >= 0.3 is 0 Å². The van der Waals surface area contributed by atoms with Crippen molar-refractivity contribution in [3.8, 4) is 0 Å². The molecule has 3 nitrogen and oxygen atoms in total. The fourth-order valence-electron chi connectivity index (χ4n) is 1.38. The fraction of sp³-hybridized carbons (Fsp3) is 0.375. The van der Waals surface area contributed by atoms with Crippen LogP contribution in [0.4, 0.5) is 0 Å². The zero-order chi connectivity index (χ0) is 7.84. The van der Waals surface area contributed by atoms with Crippen LogP contribution >= 0.6 is 0 Å². The number of aliphatic hydroxyl groups is 1. The van der Waals surface area contributed by atoms with Crippen molar-refractivity contribution in [3.05, 3.63) is 29.6 Å². The summed E-state index contributed by atoms with van der Waals surface area (Å²) in [4.78, 5) is 6.02. The Hall–Kier alpha value is -0.930. The second-order valence-electron chi connectivity index (χ2n) is 2.83. The number of hydrogen-bond acceptors (Lipinski definition) is 3. The maximum Gasteiger partial charge on any atom is 0.135 e. The van der Waals surface area contributed by atoms with E-state index >= 15 is 0 Å². The molecule has 11 heavy (non-hydrogen) atoms. The lowest BCUT2D eigenvalue weighted by Gasteiger charge is -2.12. The van der Waals surface area contributed by atoms with E-state index in [1.807, 2.05) is 24.1 Å². The molecule has 0 amide bonds. The molecule has 1 aromatic heterocycles. The molecule has 0 aliphatic carbocycles. The maximum atomic E-state index is 9.54. The van der Waals surface area contributed by atoms with Gasteiger partial charge < -0.3 is 5.11 Å². The van der Waals surface area contributed by atoms with Crippen molar-refractivity contribution < 1.29 is 5.11 Å². The highest BCUT2D eigenvalue weighted by Gasteiger charge is 2.25. The van der Waals surface area contributed by atoms with E-state index in [0.717, 1.165) is 17.8 Å². The van der Waals surface area contributed by atoms with E-state index in [4.69, 9.17) is 0 Å². The first-order chi connectivity index (χ1) is 5.29. The predicted molar refractivity (Wildman–Crippen MR) is 40.7 cm³/mol. The van der Waals surface area contributed by atoms with Gasteiger partial charge in [-0.05, 0) is 13.1 Å². The topological polar surface area (TPSA) is 36.4 Å². The van der Waals surface area contributed by atoms with Crippen LogP contribution in [0.25, 0.3) is 0 Å². The Kier molecular flexibility index (Phi) is 1.41. The Morgan fingerprint density at radius 1 is 1.73 bits per heavy atom. The monoisotopic (exact) mass is 150 g/mol. The summed E-state index contributed by atoms with van der Waals surface area (Å²) in [5.74, 6) is 0. The summed E-state index contributed by atoms with van der Waals surface area (Å²) in [5, 5.41) is 9.54. The number of hydrogen-bond donors (Lipinski definition) is 1. The van der Waals surface area contributed by atoms with Crippen LogP contribution in [-0.4, -0.2) is 22.0 Å². The van der Waals surface area contributed by atoms with Crippen molar-refractivity contribution in [2.45, 2.75) is 12.8 Å². The largest absolute Gasteiger partial charge is 0.374 e. The van der Waals surface area contributed by atoms with E-state index in [9.17, 15) is 5.11 Å². The van der Waals surface area contributed by atoms with E-state index < -0.39 is 6.23 Å². The number of aromatic nitrogens is 1. The molecule has 3 heteroatoms. The van der Waals surface area contributed by atoms with Crippen molar-refractivity contribution in [1.82, 2.24) is 9.88 Å². The number of fused-ring (bicyclic) bond motifs is 1. The van der Waals surface area contributed by atoms with E-state index in [1.54, 1.807) is 6.20 Å². The molecule has 1 aliphatic heterocycles. The minimum atomic E-state index is -0.460. The smallest absolute Gasteiger partial charge is 0.135 e. The first-order valence-corrected chi connectivity index (χ1v) is 3.61. The first-order valence-electron chi connectivity index (χ1n) is 3.61. The van der Waals surface area contributed by atoms with Crippen molar-refractivity contribution in [3.63, 3.8) is 0 Å². The summed E-state index contributed by atoms with van der Waals surface area (Å²) in [7, 11) is 1.88. The van der Waals surface area contributed by atoms with Crippen molar-refractivity contribution in [1.29, 1.82) is 0 Å². The van der Waals surface area contributed by atoms with E-state index in [-0.39, 0.29) is 0 Å². The summed E-state index contributed by atoms with van der Waals surface area (Å²) in [6, 6.07) is 3.76. The molecule has 0 saturated heterocycles. The Bertz CT molecular complexity index is 275. The number of aliphatic hydroxyl groups excluding tert-OH is 1. The standard InChI is InChI=1S/C8H10N2O/c1-10-5-7-6(8(10)11)3-2-4-9-7/h2-4,8,11H,5H2,1H3. The van der Waals surface area contributed by atoms with Gasteiger partial charge in [0.15, 0.2) is 0 Å². The number of nitrogens with zero attached hydrogens (tertiary/aromatic N) is 2. The maximum absolute atomic E-state index is 9.54. The Morgan fingerprint density at radius 2 is 2.55 bits per heavy atom. The quantitative estimate of drug-likeness (QED) is 0.585. The van der Waals surface area contributed by atoms with Gasteiger partial charge in [0.2, 0.25) is 0 Å². The molecule has 0 spiro atoms. The highest BCUT2D eigenvalue weighted by atomic mass is 16.3. The second-order valence-corrected chi connectivity index (χ2v) is 2.83. The van der Waals surface area contributed by atoms with Crippen LogP contribution in [0.2, 0.25) is 0 Å². The average molecular weight is 150 g/mol. The van der Waals surface area contributed by atoms with Gasteiger partial charge in [-0.15, -0.1) is 0 Å². The van der Waals surface area contributed by atoms with Gasteiger partial charge in [0.25, 0.3) is 0 Å². The molecule has 0 bridgehead atoms. The summed E-state index contributed by atoms with van der Waals surface area (Å²) in [5.41, 5.74) is 1.93. The summed E-state index contributed by atoms with van der Waals surface area (Å²) in [6.45, 7) is 0.747. The normalized spacial score (nSPS) is 23.6. The third-order valence-electron chi connectivity index (χ3n) is 2.02. The van der Waals surface area contributed by atoms with Gasteiger partial charge in [0.05, 0.1) is 5.69 Å². The minimum absolute atomic E-state index is 0.460. The van der Waals surface area contributed by atoms with Crippen LogP contribution in [0.1, 0.15) is 17.5 Å². The fourth-order valence-corrected chi connectivity index (χ4v) is 1.38. The van der Waals surface area contributed by atoms with Gasteiger partial charge in [-0.25, -0.2) is 0 Å².